The number of anilines is 2. The zero-order valence-corrected chi connectivity index (χ0v) is 20.9. The molecule has 0 aliphatic heterocycles. The van der Waals surface area contributed by atoms with E-state index < -0.39 is 5.97 Å². The van der Waals surface area contributed by atoms with Gasteiger partial charge in [0.05, 0.1) is 41.9 Å². The third kappa shape index (κ3) is 5.69. The van der Waals surface area contributed by atoms with Crippen LogP contribution in [0.15, 0.2) is 48.7 Å². The van der Waals surface area contributed by atoms with Crippen LogP contribution in [0.5, 0.6) is 5.88 Å². The average molecular weight is 514 g/mol. The van der Waals surface area contributed by atoms with Gasteiger partial charge in [-0.2, -0.15) is 4.98 Å². The van der Waals surface area contributed by atoms with Crippen LogP contribution in [0, 0.1) is 0 Å². The number of hydrogen-bond donors (Lipinski definition) is 1. The van der Waals surface area contributed by atoms with Crippen LogP contribution in [0.1, 0.15) is 35.2 Å². The molecule has 1 heterocycles. The normalized spacial score (nSPS) is 13.1. The number of nitrogens with zero attached hydrogens (tertiary/aromatic N) is 2. The van der Waals surface area contributed by atoms with Gasteiger partial charge in [-0.15, -0.1) is 0 Å². The van der Waals surface area contributed by atoms with E-state index in [2.05, 4.69) is 10.3 Å². The van der Waals surface area contributed by atoms with Crippen LogP contribution < -0.4 is 10.1 Å². The molecule has 7 nitrogen and oxygen atoms in total. The summed E-state index contributed by atoms with van der Waals surface area (Å²) < 4.78 is 16.3. The first-order valence-corrected chi connectivity index (χ1v) is 11.9. The Bertz CT molecular complexity index is 1260. The van der Waals surface area contributed by atoms with Crippen LogP contribution in [-0.4, -0.2) is 30.2 Å². The molecule has 182 valence electrons. The summed E-state index contributed by atoms with van der Waals surface area (Å²) >= 11 is 12.5. The highest BCUT2D eigenvalue weighted by Crippen LogP contribution is 2.34. The van der Waals surface area contributed by atoms with Crippen molar-refractivity contribution >= 4 is 46.4 Å². The van der Waals surface area contributed by atoms with E-state index in [-0.39, 0.29) is 6.61 Å². The van der Waals surface area contributed by atoms with Gasteiger partial charge in [0, 0.05) is 5.56 Å². The van der Waals surface area contributed by atoms with Crippen molar-refractivity contribution in [3.8, 4) is 5.88 Å². The second-order valence-corrected chi connectivity index (χ2v) is 8.70. The summed E-state index contributed by atoms with van der Waals surface area (Å²) in [7, 11) is 2.81. The van der Waals surface area contributed by atoms with Crippen molar-refractivity contribution in [2.45, 2.75) is 32.3 Å². The van der Waals surface area contributed by atoms with E-state index in [0.717, 1.165) is 42.5 Å². The fourth-order valence-electron chi connectivity index (χ4n) is 3.96. The minimum atomic E-state index is -0.497. The number of rotatable bonds is 8. The van der Waals surface area contributed by atoms with Gasteiger partial charge < -0.3 is 19.5 Å². The molecule has 35 heavy (non-hydrogen) atoms. The molecular formula is C26H25Cl2N3O4. The lowest BCUT2D eigenvalue weighted by Gasteiger charge is -2.20. The summed E-state index contributed by atoms with van der Waals surface area (Å²) in [6.07, 6.45) is 5.13. The summed E-state index contributed by atoms with van der Waals surface area (Å²) in [5.41, 5.74) is 4.31. The predicted molar refractivity (Wildman–Crippen MR) is 136 cm³/mol. The minimum absolute atomic E-state index is 0.190. The first-order valence-electron chi connectivity index (χ1n) is 11.1. The van der Waals surface area contributed by atoms with Crippen LogP contribution in [0.4, 0.5) is 11.6 Å². The Hall–Kier alpha value is -3.29. The molecule has 0 saturated carbocycles. The van der Waals surface area contributed by atoms with Crippen LogP contribution in [0.25, 0.3) is 5.57 Å². The molecule has 3 aromatic rings. The monoisotopic (exact) mass is 513 g/mol. The molecule has 4 rings (SSSR count). The number of esters is 1. The van der Waals surface area contributed by atoms with Crippen molar-refractivity contribution in [2.24, 2.45) is 0 Å². The lowest BCUT2D eigenvalue weighted by atomic mass is 9.97. The molecule has 0 radical (unpaired) electrons. The Morgan fingerprint density at radius 1 is 1.06 bits per heavy atom. The zero-order valence-electron chi connectivity index (χ0n) is 19.4. The van der Waals surface area contributed by atoms with E-state index in [4.69, 9.17) is 42.4 Å². The van der Waals surface area contributed by atoms with Crippen molar-refractivity contribution in [2.75, 3.05) is 19.5 Å². The molecule has 0 spiro atoms. The molecule has 1 aromatic heterocycles. The number of ether oxygens (including phenoxy) is 3. The SMILES string of the molecule is CO/C=C(/C(=O)OC)c1ccccc1COc1nc(Nc2cccc(Cl)c2Cl)nc2c1CCCC2. The molecular weight excluding hydrogens is 489 g/mol. The number of carbonyl (C=O) groups is 1. The Morgan fingerprint density at radius 3 is 2.66 bits per heavy atom. The molecule has 0 bridgehead atoms. The van der Waals surface area contributed by atoms with Gasteiger partial charge in [-0.25, -0.2) is 9.78 Å². The number of methoxy groups -OCH3 is 2. The maximum atomic E-state index is 12.3. The summed E-state index contributed by atoms with van der Waals surface area (Å²) in [6.45, 7) is 0.190. The second kappa shape index (κ2) is 11.4. The van der Waals surface area contributed by atoms with Crippen molar-refractivity contribution in [1.82, 2.24) is 9.97 Å². The Kier molecular flexibility index (Phi) is 8.10. The second-order valence-electron chi connectivity index (χ2n) is 7.92. The van der Waals surface area contributed by atoms with Gasteiger partial charge in [0.1, 0.15) is 12.2 Å². The topological polar surface area (TPSA) is 82.6 Å². The maximum Gasteiger partial charge on any atom is 0.341 e. The van der Waals surface area contributed by atoms with Gasteiger partial charge >= 0.3 is 5.97 Å². The third-order valence-corrected chi connectivity index (χ3v) is 6.48. The van der Waals surface area contributed by atoms with Gasteiger partial charge in [-0.1, -0.05) is 53.5 Å². The summed E-state index contributed by atoms with van der Waals surface area (Å²) in [5.74, 6) is 0.386. The van der Waals surface area contributed by atoms with Crippen LogP contribution in [-0.2, 0) is 33.7 Å². The fraction of sp³-hybridized carbons (Fsp3) is 0.269. The average Bonchev–Trinajstić information content (AvgIpc) is 2.88. The Morgan fingerprint density at radius 2 is 1.86 bits per heavy atom. The van der Waals surface area contributed by atoms with E-state index in [1.54, 1.807) is 12.1 Å². The van der Waals surface area contributed by atoms with E-state index in [9.17, 15) is 4.79 Å². The maximum absolute atomic E-state index is 12.3. The number of nitrogens with one attached hydrogen (secondary N) is 1. The van der Waals surface area contributed by atoms with E-state index in [0.29, 0.717) is 38.7 Å². The van der Waals surface area contributed by atoms with Crippen LogP contribution >= 0.6 is 23.2 Å². The largest absolute Gasteiger partial charge is 0.503 e. The lowest BCUT2D eigenvalue weighted by molar-refractivity contribution is -0.133. The number of fused-ring (bicyclic) bond motifs is 1. The molecule has 0 saturated heterocycles. The number of halogens is 2. The quantitative estimate of drug-likeness (QED) is 0.220. The van der Waals surface area contributed by atoms with Gasteiger partial charge in [-0.05, 0) is 48.9 Å². The molecule has 0 amide bonds. The van der Waals surface area contributed by atoms with Gasteiger partial charge in [0.15, 0.2) is 0 Å². The van der Waals surface area contributed by atoms with Crippen molar-refractivity contribution < 1.29 is 19.0 Å². The molecule has 1 N–H and O–H groups in total. The first-order chi connectivity index (χ1) is 17.0. The summed E-state index contributed by atoms with van der Waals surface area (Å²) in [6, 6.07) is 12.8. The summed E-state index contributed by atoms with van der Waals surface area (Å²) in [5, 5.41) is 4.00. The predicted octanol–water partition coefficient (Wildman–Crippen LogP) is 6.15. The minimum Gasteiger partial charge on any atom is -0.503 e. The number of hydrogen-bond acceptors (Lipinski definition) is 7. The third-order valence-electron chi connectivity index (χ3n) is 5.66. The summed E-state index contributed by atoms with van der Waals surface area (Å²) in [4.78, 5) is 21.7. The van der Waals surface area contributed by atoms with Crippen LogP contribution in [0.2, 0.25) is 10.0 Å². The molecule has 0 fully saturated rings. The number of aromatic nitrogens is 2. The molecule has 0 atom stereocenters. The molecule has 0 unspecified atom stereocenters. The highest BCUT2D eigenvalue weighted by atomic mass is 35.5. The highest BCUT2D eigenvalue weighted by Gasteiger charge is 2.21. The van der Waals surface area contributed by atoms with Gasteiger partial charge in [-0.3, -0.25) is 0 Å². The number of aryl methyl sites for hydroxylation is 1. The van der Waals surface area contributed by atoms with Gasteiger partial charge in [0.25, 0.3) is 0 Å². The Labute approximate surface area is 214 Å². The standard InChI is InChI=1S/C26H25Cl2N3O4/c1-33-15-19(25(32)34-2)17-9-4-3-8-16(17)14-35-24-18-10-5-6-12-21(18)29-26(31-24)30-22-13-7-11-20(27)23(22)28/h3-4,7-9,11,13,15H,5-6,10,12,14H2,1-2H3,(H,29,30,31)/b19-15+. The first kappa shape index (κ1) is 24.8. The van der Waals surface area contributed by atoms with E-state index in [1.165, 1.54) is 20.5 Å². The number of carbonyl (C=O) groups excluding carboxylic acids is 1. The smallest absolute Gasteiger partial charge is 0.341 e. The van der Waals surface area contributed by atoms with Crippen molar-refractivity contribution in [1.29, 1.82) is 0 Å². The zero-order chi connectivity index (χ0) is 24.8. The van der Waals surface area contributed by atoms with Crippen molar-refractivity contribution in [3.05, 3.63) is 81.2 Å². The van der Waals surface area contributed by atoms with Crippen molar-refractivity contribution in [3.63, 3.8) is 0 Å². The van der Waals surface area contributed by atoms with Gasteiger partial charge in [0.2, 0.25) is 11.8 Å². The van der Waals surface area contributed by atoms with E-state index >= 15 is 0 Å². The molecule has 1 aliphatic carbocycles. The lowest BCUT2D eigenvalue weighted by Crippen LogP contribution is -2.13. The molecule has 9 heteroatoms. The fourth-order valence-corrected chi connectivity index (χ4v) is 4.31. The Balaban J connectivity index is 1.65. The molecule has 1 aliphatic rings. The van der Waals surface area contributed by atoms with E-state index in [1.807, 2.05) is 30.3 Å². The van der Waals surface area contributed by atoms with Crippen LogP contribution in [0.3, 0.4) is 0 Å². The highest BCUT2D eigenvalue weighted by molar-refractivity contribution is 6.43. The molecule has 2 aromatic carbocycles. The number of benzene rings is 2.